The van der Waals surface area contributed by atoms with Gasteiger partial charge in [-0.2, -0.15) is 0 Å². The fourth-order valence-corrected chi connectivity index (χ4v) is 4.29. The van der Waals surface area contributed by atoms with Gasteiger partial charge in [0.25, 0.3) is 0 Å². The molecule has 3 aromatic carbocycles. The number of benzene rings is 3. The second-order valence-electron chi connectivity index (χ2n) is 6.72. The van der Waals surface area contributed by atoms with Crippen LogP contribution in [0.3, 0.4) is 0 Å². The lowest BCUT2D eigenvalue weighted by Gasteiger charge is -2.35. The Morgan fingerprint density at radius 1 is 0.625 bits per heavy atom. The molecule has 0 N–H and O–H groups in total. The third-order valence-electron chi connectivity index (χ3n) is 4.84. The van der Waals surface area contributed by atoms with E-state index < -0.39 is 0 Å². The predicted octanol–water partition coefficient (Wildman–Crippen LogP) is 5.82. The Morgan fingerprint density at radius 2 is 0.958 bits per heavy atom. The summed E-state index contributed by atoms with van der Waals surface area (Å²) >= 11 is 0. The molecular weight excluding hydrogens is 307 g/mol. The first-order valence-electron chi connectivity index (χ1n) is 8.48. The van der Waals surface area contributed by atoms with E-state index in [1.54, 1.807) is 0 Å². The first-order valence-corrected chi connectivity index (χ1v) is 9.29. The van der Waals surface area contributed by atoms with E-state index in [1.165, 1.54) is 33.4 Å². The number of hydrogen-bond acceptors (Lipinski definition) is 0. The average Bonchev–Trinajstić information content (AvgIpc) is 2.56. The molecule has 0 nitrogen and oxygen atoms in total. The zero-order valence-electron chi connectivity index (χ0n) is 14.7. The van der Waals surface area contributed by atoms with Crippen molar-refractivity contribution in [3.05, 3.63) is 106 Å². The van der Waals surface area contributed by atoms with Gasteiger partial charge in [0, 0.05) is 5.41 Å². The topological polar surface area (TPSA) is 0 Å². The Balaban J connectivity index is 2.34. The number of hydrogen-bond donors (Lipinski definition) is 0. The molecule has 1 unspecified atom stereocenters. The van der Waals surface area contributed by atoms with Gasteiger partial charge < -0.3 is 0 Å². The van der Waals surface area contributed by atoms with E-state index in [-0.39, 0.29) is 5.41 Å². The van der Waals surface area contributed by atoms with Crippen molar-refractivity contribution in [1.82, 2.24) is 0 Å². The van der Waals surface area contributed by atoms with Gasteiger partial charge in [-0.25, -0.2) is 0 Å². The average molecular weight is 332 g/mol. The van der Waals surface area contributed by atoms with Gasteiger partial charge in [0.1, 0.15) is 0 Å². The summed E-state index contributed by atoms with van der Waals surface area (Å²) < 4.78 is 0. The summed E-state index contributed by atoms with van der Waals surface area (Å²) in [5, 5.41) is 0. The molecule has 24 heavy (non-hydrogen) atoms. The molecule has 0 aliphatic carbocycles. The van der Waals surface area contributed by atoms with E-state index in [2.05, 4.69) is 103 Å². The maximum atomic E-state index is 2.99. The molecular formula is C23H25P. The van der Waals surface area contributed by atoms with Gasteiger partial charge in [0.05, 0.1) is 0 Å². The second kappa shape index (κ2) is 6.91. The zero-order chi connectivity index (χ0) is 17.2. The molecule has 3 rings (SSSR count). The van der Waals surface area contributed by atoms with Crippen LogP contribution < -0.4 is 0 Å². The fraction of sp³-hybridized carbons (Fsp3) is 0.217. The van der Waals surface area contributed by atoms with Gasteiger partial charge in [-0.1, -0.05) is 89.5 Å². The van der Waals surface area contributed by atoms with E-state index in [0.29, 0.717) is 0 Å². The molecule has 0 bridgehead atoms. The van der Waals surface area contributed by atoms with Crippen LogP contribution in [0.15, 0.2) is 72.8 Å². The Morgan fingerprint density at radius 3 is 1.21 bits per heavy atom. The summed E-state index contributed by atoms with van der Waals surface area (Å²) in [5.74, 6) is 0. The predicted molar refractivity (Wildman–Crippen MR) is 108 cm³/mol. The van der Waals surface area contributed by atoms with Crippen LogP contribution in [0.1, 0.15) is 33.4 Å². The summed E-state index contributed by atoms with van der Waals surface area (Å²) in [4.78, 5) is 0. The van der Waals surface area contributed by atoms with Crippen LogP contribution in [0, 0.1) is 20.8 Å². The van der Waals surface area contributed by atoms with E-state index >= 15 is 0 Å². The monoisotopic (exact) mass is 332 g/mol. The minimum absolute atomic E-state index is 0.144. The molecule has 0 aliphatic rings. The maximum absolute atomic E-state index is 2.99. The maximum Gasteiger partial charge on any atom is 0.0485 e. The van der Waals surface area contributed by atoms with E-state index in [9.17, 15) is 0 Å². The van der Waals surface area contributed by atoms with Gasteiger partial charge in [-0.05, 0) is 43.6 Å². The third kappa shape index (κ3) is 3.04. The highest BCUT2D eigenvalue weighted by Crippen LogP contribution is 2.41. The number of aryl methyl sites for hydroxylation is 3. The standard InChI is InChI=1S/C23H25P/c1-17-7-4-10-20(13-17)23(16-24,21-11-5-8-18(2)14-21)22-12-6-9-19(3)15-22/h4-15H,16,24H2,1-3H3. The zero-order valence-corrected chi connectivity index (χ0v) is 15.9. The normalized spacial score (nSPS) is 11.5. The van der Waals surface area contributed by atoms with Crippen molar-refractivity contribution in [3.63, 3.8) is 0 Å². The van der Waals surface area contributed by atoms with Crippen LogP contribution in [0.25, 0.3) is 0 Å². The third-order valence-corrected chi connectivity index (χ3v) is 5.45. The second-order valence-corrected chi connectivity index (χ2v) is 7.13. The molecule has 1 heteroatoms. The molecule has 0 spiro atoms. The summed E-state index contributed by atoms with van der Waals surface area (Å²) in [5.41, 5.74) is 7.83. The molecule has 0 aliphatic heterocycles. The molecule has 1 atom stereocenters. The van der Waals surface area contributed by atoms with Crippen LogP contribution >= 0.6 is 9.24 Å². The summed E-state index contributed by atoms with van der Waals surface area (Å²) in [6.07, 6.45) is 0.948. The van der Waals surface area contributed by atoms with E-state index in [0.717, 1.165) is 6.16 Å². The Hall–Kier alpha value is -1.91. The largest absolute Gasteiger partial charge is 0.136 e. The quantitative estimate of drug-likeness (QED) is 0.417. The highest BCUT2D eigenvalue weighted by molar-refractivity contribution is 7.16. The van der Waals surface area contributed by atoms with Crippen LogP contribution in [-0.4, -0.2) is 6.16 Å². The lowest BCUT2D eigenvalue weighted by atomic mass is 9.70. The van der Waals surface area contributed by atoms with Crippen molar-refractivity contribution in [2.75, 3.05) is 6.16 Å². The molecule has 122 valence electrons. The summed E-state index contributed by atoms with van der Waals surface area (Å²) in [6.45, 7) is 6.51. The lowest BCUT2D eigenvalue weighted by Crippen LogP contribution is -2.31. The SMILES string of the molecule is Cc1cccc(C(CP)(c2cccc(C)c2)c2cccc(C)c2)c1. The minimum Gasteiger partial charge on any atom is -0.136 e. The molecule has 0 heterocycles. The Labute approximate surface area is 148 Å². The molecule has 0 amide bonds. The van der Waals surface area contributed by atoms with Gasteiger partial charge in [0.2, 0.25) is 0 Å². The van der Waals surface area contributed by atoms with Crippen LogP contribution in [-0.2, 0) is 5.41 Å². The van der Waals surface area contributed by atoms with Crippen molar-refractivity contribution >= 4 is 9.24 Å². The van der Waals surface area contributed by atoms with Crippen molar-refractivity contribution in [2.24, 2.45) is 0 Å². The van der Waals surface area contributed by atoms with E-state index in [4.69, 9.17) is 0 Å². The van der Waals surface area contributed by atoms with Crippen molar-refractivity contribution in [1.29, 1.82) is 0 Å². The number of rotatable bonds is 4. The van der Waals surface area contributed by atoms with Crippen LogP contribution in [0.4, 0.5) is 0 Å². The Bertz CT molecular complexity index is 737. The highest BCUT2D eigenvalue weighted by Gasteiger charge is 2.34. The van der Waals surface area contributed by atoms with Gasteiger partial charge in [-0.3, -0.25) is 0 Å². The van der Waals surface area contributed by atoms with Crippen molar-refractivity contribution in [3.8, 4) is 0 Å². The molecule has 0 saturated carbocycles. The van der Waals surface area contributed by atoms with Crippen molar-refractivity contribution < 1.29 is 0 Å². The van der Waals surface area contributed by atoms with Gasteiger partial charge in [0.15, 0.2) is 0 Å². The molecule has 0 fully saturated rings. The first kappa shape index (κ1) is 16.9. The van der Waals surface area contributed by atoms with Crippen LogP contribution in [0.2, 0.25) is 0 Å². The molecule has 0 radical (unpaired) electrons. The van der Waals surface area contributed by atoms with Crippen LogP contribution in [0.5, 0.6) is 0 Å². The van der Waals surface area contributed by atoms with Gasteiger partial charge in [-0.15, -0.1) is 9.24 Å². The summed E-state index contributed by atoms with van der Waals surface area (Å²) in [7, 11) is 2.99. The summed E-state index contributed by atoms with van der Waals surface area (Å²) in [6, 6.07) is 26.8. The minimum atomic E-state index is -0.144. The smallest absolute Gasteiger partial charge is 0.0485 e. The molecule has 3 aromatic rings. The molecule has 0 saturated heterocycles. The highest BCUT2D eigenvalue weighted by atomic mass is 31.0. The van der Waals surface area contributed by atoms with E-state index in [1.807, 2.05) is 0 Å². The van der Waals surface area contributed by atoms with Gasteiger partial charge >= 0.3 is 0 Å². The molecule has 0 aromatic heterocycles. The fourth-order valence-electron chi connectivity index (χ4n) is 3.59. The van der Waals surface area contributed by atoms with Crippen molar-refractivity contribution in [2.45, 2.75) is 26.2 Å². The Kier molecular flexibility index (Phi) is 4.88. The first-order chi connectivity index (χ1) is 11.6. The lowest BCUT2D eigenvalue weighted by molar-refractivity contribution is 0.702.